The van der Waals surface area contributed by atoms with Gasteiger partial charge >= 0.3 is 6.18 Å². The van der Waals surface area contributed by atoms with E-state index in [9.17, 15) is 13.2 Å². The second-order valence-electron chi connectivity index (χ2n) is 6.64. The summed E-state index contributed by atoms with van der Waals surface area (Å²) >= 11 is 0. The van der Waals surface area contributed by atoms with Crippen molar-refractivity contribution in [3.8, 4) is 17.0 Å². The van der Waals surface area contributed by atoms with E-state index in [1.54, 1.807) is 36.4 Å². The van der Waals surface area contributed by atoms with E-state index in [1.807, 2.05) is 18.2 Å². The highest BCUT2D eigenvalue weighted by Gasteiger charge is 2.34. The van der Waals surface area contributed by atoms with Gasteiger partial charge in [-0.1, -0.05) is 18.2 Å². The lowest BCUT2D eigenvalue weighted by Gasteiger charge is -2.20. The molecule has 4 aromatic rings. The maximum absolute atomic E-state index is 13.6. The van der Waals surface area contributed by atoms with Crippen LogP contribution in [0.2, 0.25) is 0 Å². The molecule has 0 aliphatic carbocycles. The molecule has 0 spiro atoms. The Labute approximate surface area is 176 Å². The minimum absolute atomic E-state index is 0.130. The maximum Gasteiger partial charge on any atom is 0.433 e. The molecule has 0 aliphatic heterocycles. The van der Waals surface area contributed by atoms with Crippen molar-refractivity contribution in [2.45, 2.75) is 6.18 Å². The number of halogens is 3. The van der Waals surface area contributed by atoms with E-state index < -0.39 is 11.9 Å². The molecule has 0 atom stereocenters. The van der Waals surface area contributed by atoms with Crippen LogP contribution >= 0.6 is 0 Å². The van der Waals surface area contributed by atoms with Crippen molar-refractivity contribution in [3.63, 3.8) is 0 Å². The molecule has 2 heterocycles. The highest BCUT2D eigenvalue weighted by atomic mass is 19.4. The zero-order chi connectivity index (χ0) is 22.0. The Morgan fingerprint density at radius 3 is 2.45 bits per heavy atom. The summed E-state index contributed by atoms with van der Waals surface area (Å²) in [5.41, 5.74) is 1.000. The van der Waals surface area contributed by atoms with Crippen LogP contribution in [-0.2, 0) is 6.18 Å². The second-order valence-corrected chi connectivity index (χ2v) is 6.64. The number of imidazole rings is 1. The van der Waals surface area contributed by atoms with E-state index in [4.69, 9.17) is 4.74 Å². The number of aromatic nitrogens is 4. The van der Waals surface area contributed by atoms with Crippen molar-refractivity contribution < 1.29 is 17.9 Å². The molecule has 4 rings (SSSR count). The Kier molecular flexibility index (Phi) is 5.33. The van der Waals surface area contributed by atoms with Crippen molar-refractivity contribution >= 4 is 22.9 Å². The lowest BCUT2D eigenvalue weighted by Crippen LogP contribution is -2.23. The van der Waals surface area contributed by atoms with Crippen molar-refractivity contribution in [3.05, 3.63) is 72.9 Å². The standard InChI is InChI=1S/C22H18F3N5O/c1-3-12-30(20-26-16-6-4-5-7-17(16)27-20)21-28-18(13-19(29-21)22(23,24)25)14-8-10-15(31-2)11-9-14/h3-11,13H,1,12H2,2H3,(H,26,27). The molecular formula is C22H18F3N5O. The number of hydrogen-bond donors (Lipinski definition) is 1. The lowest BCUT2D eigenvalue weighted by atomic mass is 10.1. The summed E-state index contributed by atoms with van der Waals surface area (Å²) < 4.78 is 46.0. The van der Waals surface area contributed by atoms with Gasteiger partial charge in [0.05, 0.1) is 23.8 Å². The molecule has 0 unspecified atom stereocenters. The van der Waals surface area contributed by atoms with Gasteiger partial charge in [0.25, 0.3) is 0 Å². The topological polar surface area (TPSA) is 66.9 Å². The summed E-state index contributed by atoms with van der Waals surface area (Å²) in [5.74, 6) is 0.769. The molecule has 0 radical (unpaired) electrons. The Morgan fingerprint density at radius 1 is 1.06 bits per heavy atom. The molecule has 0 fully saturated rings. The minimum atomic E-state index is -4.65. The number of rotatable bonds is 6. The van der Waals surface area contributed by atoms with Gasteiger partial charge in [0, 0.05) is 12.1 Å². The van der Waals surface area contributed by atoms with Crippen molar-refractivity contribution in [2.24, 2.45) is 0 Å². The summed E-state index contributed by atoms with van der Waals surface area (Å²) in [5, 5.41) is 0. The van der Waals surface area contributed by atoms with Gasteiger partial charge in [-0.15, -0.1) is 6.58 Å². The fourth-order valence-corrected chi connectivity index (χ4v) is 3.07. The summed E-state index contributed by atoms with van der Waals surface area (Å²) in [6.07, 6.45) is -3.10. The molecule has 2 aromatic heterocycles. The molecule has 0 saturated carbocycles. The third-order valence-electron chi connectivity index (χ3n) is 4.58. The quantitative estimate of drug-likeness (QED) is 0.421. The number of anilines is 2. The van der Waals surface area contributed by atoms with Gasteiger partial charge in [-0.3, -0.25) is 4.90 Å². The van der Waals surface area contributed by atoms with E-state index in [-0.39, 0.29) is 18.2 Å². The van der Waals surface area contributed by atoms with Crippen LogP contribution in [-0.4, -0.2) is 33.6 Å². The van der Waals surface area contributed by atoms with Gasteiger partial charge < -0.3 is 9.72 Å². The predicted molar refractivity (Wildman–Crippen MR) is 112 cm³/mol. The van der Waals surface area contributed by atoms with E-state index >= 15 is 0 Å². The fourth-order valence-electron chi connectivity index (χ4n) is 3.07. The van der Waals surface area contributed by atoms with Crippen LogP contribution in [0.1, 0.15) is 5.69 Å². The number of benzene rings is 2. The first-order valence-electron chi connectivity index (χ1n) is 9.33. The first-order valence-corrected chi connectivity index (χ1v) is 9.33. The van der Waals surface area contributed by atoms with Crippen LogP contribution in [0.15, 0.2) is 67.3 Å². The fraction of sp³-hybridized carbons (Fsp3) is 0.136. The number of nitrogens with one attached hydrogen (secondary N) is 1. The summed E-state index contributed by atoms with van der Waals surface area (Å²) in [6.45, 7) is 3.86. The Balaban J connectivity index is 1.86. The van der Waals surface area contributed by atoms with Crippen LogP contribution < -0.4 is 9.64 Å². The van der Waals surface area contributed by atoms with Crippen molar-refractivity contribution in [2.75, 3.05) is 18.6 Å². The SMILES string of the molecule is C=CCN(c1nc(-c2ccc(OC)cc2)cc(C(F)(F)F)n1)c1nc2ccccc2[nH]1. The average Bonchev–Trinajstić information content (AvgIpc) is 3.20. The average molecular weight is 425 g/mol. The number of hydrogen-bond acceptors (Lipinski definition) is 5. The Hall–Kier alpha value is -3.88. The minimum Gasteiger partial charge on any atom is -0.497 e. The summed E-state index contributed by atoms with van der Waals surface area (Å²) in [6, 6.07) is 14.8. The largest absolute Gasteiger partial charge is 0.497 e. The molecule has 0 bridgehead atoms. The first kappa shape index (κ1) is 20.4. The Morgan fingerprint density at radius 2 is 1.81 bits per heavy atom. The summed E-state index contributed by atoms with van der Waals surface area (Å²) in [4.78, 5) is 17.2. The summed E-state index contributed by atoms with van der Waals surface area (Å²) in [7, 11) is 1.51. The molecule has 31 heavy (non-hydrogen) atoms. The highest BCUT2D eigenvalue weighted by Crippen LogP contribution is 2.33. The van der Waals surface area contributed by atoms with Gasteiger partial charge in [-0.05, 0) is 42.5 Å². The van der Waals surface area contributed by atoms with E-state index in [2.05, 4.69) is 26.5 Å². The number of ether oxygens (including phenoxy) is 1. The molecule has 0 saturated heterocycles. The molecule has 9 heteroatoms. The predicted octanol–water partition coefficient (Wildman–Crippen LogP) is 5.37. The first-order chi connectivity index (χ1) is 14.9. The zero-order valence-electron chi connectivity index (χ0n) is 16.5. The van der Waals surface area contributed by atoms with Gasteiger partial charge in [-0.2, -0.15) is 13.2 Å². The molecule has 0 aliphatic rings. The van der Waals surface area contributed by atoms with Gasteiger partial charge in [-0.25, -0.2) is 15.0 Å². The molecule has 2 aromatic carbocycles. The number of para-hydroxylation sites is 2. The number of fused-ring (bicyclic) bond motifs is 1. The highest BCUT2D eigenvalue weighted by molar-refractivity contribution is 5.78. The lowest BCUT2D eigenvalue weighted by molar-refractivity contribution is -0.141. The smallest absolute Gasteiger partial charge is 0.433 e. The van der Waals surface area contributed by atoms with Gasteiger partial charge in [0.15, 0.2) is 5.69 Å². The number of nitrogens with zero attached hydrogens (tertiary/aromatic N) is 4. The normalized spacial score (nSPS) is 11.5. The zero-order valence-corrected chi connectivity index (χ0v) is 16.5. The number of aromatic amines is 1. The third-order valence-corrected chi connectivity index (χ3v) is 4.58. The molecule has 0 amide bonds. The van der Waals surface area contributed by atoms with Crippen molar-refractivity contribution in [1.29, 1.82) is 0 Å². The van der Waals surface area contributed by atoms with E-state index in [1.165, 1.54) is 12.0 Å². The van der Waals surface area contributed by atoms with Gasteiger partial charge in [0.1, 0.15) is 5.75 Å². The van der Waals surface area contributed by atoms with Crippen LogP contribution in [0.5, 0.6) is 5.75 Å². The maximum atomic E-state index is 13.6. The monoisotopic (exact) mass is 425 g/mol. The van der Waals surface area contributed by atoms with Crippen LogP contribution in [0.25, 0.3) is 22.3 Å². The molecule has 158 valence electrons. The third kappa shape index (κ3) is 4.20. The Bertz CT molecular complexity index is 1190. The van der Waals surface area contributed by atoms with Crippen molar-refractivity contribution in [1.82, 2.24) is 19.9 Å². The van der Waals surface area contributed by atoms with Gasteiger partial charge in [0.2, 0.25) is 11.9 Å². The van der Waals surface area contributed by atoms with E-state index in [0.29, 0.717) is 22.8 Å². The molecule has 1 N–H and O–H groups in total. The second kappa shape index (κ2) is 8.10. The number of methoxy groups -OCH3 is 1. The molecular weight excluding hydrogens is 407 g/mol. The van der Waals surface area contributed by atoms with E-state index in [0.717, 1.165) is 11.6 Å². The number of alkyl halides is 3. The number of H-pyrrole nitrogens is 1. The molecule has 6 nitrogen and oxygen atoms in total. The van der Waals surface area contributed by atoms with Crippen LogP contribution in [0.4, 0.5) is 25.1 Å². The van der Waals surface area contributed by atoms with Crippen LogP contribution in [0, 0.1) is 0 Å². The van der Waals surface area contributed by atoms with Crippen LogP contribution in [0.3, 0.4) is 0 Å².